The molecule has 0 saturated carbocycles. The van der Waals surface area contributed by atoms with Crippen LogP contribution in [-0.4, -0.2) is 25.3 Å². The van der Waals surface area contributed by atoms with Gasteiger partial charge in [-0.1, -0.05) is 12.1 Å². The lowest BCUT2D eigenvalue weighted by atomic mass is 10.1. The summed E-state index contributed by atoms with van der Waals surface area (Å²) in [6.45, 7) is 4.78. The lowest BCUT2D eigenvalue weighted by molar-refractivity contribution is -0.150. The number of anilines is 1. The van der Waals surface area contributed by atoms with Crippen LogP contribution in [0.3, 0.4) is 0 Å². The van der Waals surface area contributed by atoms with Crippen LogP contribution < -0.4 is 5.73 Å². The SMILES string of the molecule is CCOCC(C)OC(=O)Cc1ccc(N)cc1. The van der Waals surface area contributed by atoms with Gasteiger partial charge in [-0.25, -0.2) is 0 Å². The Morgan fingerprint density at radius 2 is 2.00 bits per heavy atom. The summed E-state index contributed by atoms with van der Waals surface area (Å²) in [6.07, 6.45) is 0.0488. The Kier molecular flexibility index (Phi) is 5.49. The van der Waals surface area contributed by atoms with Crippen molar-refractivity contribution in [3.63, 3.8) is 0 Å². The van der Waals surface area contributed by atoms with Gasteiger partial charge in [-0.15, -0.1) is 0 Å². The highest BCUT2D eigenvalue weighted by molar-refractivity contribution is 5.72. The first-order valence-electron chi connectivity index (χ1n) is 5.73. The predicted octanol–water partition coefficient (Wildman–Crippen LogP) is 1.78. The van der Waals surface area contributed by atoms with Gasteiger partial charge in [-0.2, -0.15) is 0 Å². The van der Waals surface area contributed by atoms with Crippen LogP contribution >= 0.6 is 0 Å². The summed E-state index contributed by atoms with van der Waals surface area (Å²) in [7, 11) is 0. The van der Waals surface area contributed by atoms with E-state index in [9.17, 15) is 4.79 Å². The normalized spacial score (nSPS) is 12.1. The number of nitrogens with two attached hydrogens (primary N) is 1. The Bertz CT molecular complexity index is 348. The Morgan fingerprint density at radius 1 is 1.35 bits per heavy atom. The molecule has 1 rings (SSSR count). The molecule has 0 bridgehead atoms. The van der Waals surface area contributed by atoms with E-state index < -0.39 is 0 Å². The van der Waals surface area contributed by atoms with Crippen molar-refractivity contribution >= 4 is 11.7 Å². The lowest BCUT2D eigenvalue weighted by Crippen LogP contribution is -2.21. The summed E-state index contributed by atoms with van der Waals surface area (Å²) < 4.78 is 10.4. The topological polar surface area (TPSA) is 61.5 Å². The second kappa shape index (κ2) is 6.91. The van der Waals surface area contributed by atoms with E-state index in [0.717, 1.165) is 5.56 Å². The van der Waals surface area contributed by atoms with Gasteiger partial charge < -0.3 is 15.2 Å². The summed E-state index contributed by atoms with van der Waals surface area (Å²) in [5, 5.41) is 0. The molecule has 0 saturated heterocycles. The summed E-state index contributed by atoms with van der Waals surface area (Å²) in [4.78, 5) is 11.6. The molecule has 4 nitrogen and oxygen atoms in total. The zero-order chi connectivity index (χ0) is 12.7. The van der Waals surface area contributed by atoms with Crippen molar-refractivity contribution in [1.82, 2.24) is 0 Å². The van der Waals surface area contributed by atoms with Crippen LogP contribution in [0.15, 0.2) is 24.3 Å². The first-order valence-corrected chi connectivity index (χ1v) is 5.73. The summed E-state index contributed by atoms with van der Waals surface area (Å²) in [6, 6.07) is 7.19. The molecule has 0 amide bonds. The zero-order valence-corrected chi connectivity index (χ0v) is 10.3. The van der Waals surface area contributed by atoms with Crippen molar-refractivity contribution in [2.24, 2.45) is 0 Å². The molecule has 94 valence electrons. The van der Waals surface area contributed by atoms with E-state index in [2.05, 4.69) is 0 Å². The average molecular weight is 237 g/mol. The van der Waals surface area contributed by atoms with Gasteiger partial charge in [-0.3, -0.25) is 4.79 Å². The van der Waals surface area contributed by atoms with Crippen molar-refractivity contribution < 1.29 is 14.3 Å². The quantitative estimate of drug-likeness (QED) is 0.605. The molecule has 0 aliphatic carbocycles. The molecular weight excluding hydrogens is 218 g/mol. The van der Waals surface area contributed by atoms with Gasteiger partial charge in [0.15, 0.2) is 0 Å². The highest BCUT2D eigenvalue weighted by Gasteiger charge is 2.10. The van der Waals surface area contributed by atoms with E-state index in [4.69, 9.17) is 15.2 Å². The van der Waals surface area contributed by atoms with Crippen LogP contribution in [0.4, 0.5) is 5.69 Å². The number of carbonyl (C=O) groups is 1. The minimum Gasteiger partial charge on any atom is -0.460 e. The Labute approximate surface area is 102 Å². The minimum absolute atomic E-state index is 0.212. The molecule has 0 aliphatic rings. The molecule has 0 aliphatic heterocycles. The molecule has 0 spiro atoms. The van der Waals surface area contributed by atoms with Crippen molar-refractivity contribution in [1.29, 1.82) is 0 Å². The van der Waals surface area contributed by atoms with Crippen molar-refractivity contribution in [2.75, 3.05) is 18.9 Å². The van der Waals surface area contributed by atoms with Crippen molar-refractivity contribution in [3.8, 4) is 0 Å². The van der Waals surface area contributed by atoms with E-state index in [-0.39, 0.29) is 18.5 Å². The number of nitrogen functional groups attached to an aromatic ring is 1. The standard InChI is InChI=1S/C13H19NO3/c1-3-16-9-10(2)17-13(15)8-11-4-6-12(14)7-5-11/h4-7,10H,3,8-9,14H2,1-2H3. The third-order valence-corrected chi connectivity index (χ3v) is 2.22. The summed E-state index contributed by atoms with van der Waals surface area (Å²) >= 11 is 0. The number of rotatable bonds is 6. The summed E-state index contributed by atoms with van der Waals surface area (Å²) in [5.74, 6) is -0.248. The van der Waals surface area contributed by atoms with Gasteiger partial charge in [-0.05, 0) is 31.5 Å². The minimum atomic E-state index is -0.248. The maximum atomic E-state index is 11.6. The van der Waals surface area contributed by atoms with Crippen LogP contribution in [0, 0.1) is 0 Å². The van der Waals surface area contributed by atoms with Crippen molar-refractivity contribution in [3.05, 3.63) is 29.8 Å². The van der Waals surface area contributed by atoms with Gasteiger partial charge in [0, 0.05) is 12.3 Å². The van der Waals surface area contributed by atoms with E-state index in [0.29, 0.717) is 18.9 Å². The fourth-order valence-corrected chi connectivity index (χ4v) is 1.39. The molecule has 4 heteroatoms. The predicted molar refractivity (Wildman–Crippen MR) is 66.6 cm³/mol. The molecule has 0 aromatic heterocycles. The fourth-order valence-electron chi connectivity index (χ4n) is 1.39. The Morgan fingerprint density at radius 3 is 2.59 bits per heavy atom. The van der Waals surface area contributed by atoms with E-state index in [1.807, 2.05) is 26.0 Å². The number of benzene rings is 1. The number of hydrogen-bond acceptors (Lipinski definition) is 4. The molecule has 0 heterocycles. The number of esters is 1. The van der Waals surface area contributed by atoms with Gasteiger partial charge in [0.25, 0.3) is 0 Å². The van der Waals surface area contributed by atoms with Crippen LogP contribution in [0.25, 0.3) is 0 Å². The largest absolute Gasteiger partial charge is 0.460 e. The highest BCUT2D eigenvalue weighted by Crippen LogP contribution is 2.07. The molecule has 0 fully saturated rings. The van der Waals surface area contributed by atoms with Gasteiger partial charge in [0.2, 0.25) is 0 Å². The molecule has 1 aromatic rings. The second-order valence-corrected chi connectivity index (χ2v) is 3.88. The van der Waals surface area contributed by atoms with Crippen molar-refractivity contribution in [2.45, 2.75) is 26.4 Å². The number of carbonyl (C=O) groups excluding carboxylic acids is 1. The molecule has 1 unspecified atom stereocenters. The second-order valence-electron chi connectivity index (χ2n) is 3.88. The van der Waals surface area contributed by atoms with Gasteiger partial charge >= 0.3 is 5.97 Å². The Hall–Kier alpha value is -1.55. The third-order valence-electron chi connectivity index (χ3n) is 2.22. The van der Waals surface area contributed by atoms with Crippen LogP contribution in [0.1, 0.15) is 19.4 Å². The van der Waals surface area contributed by atoms with E-state index >= 15 is 0 Å². The monoisotopic (exact) mass is 237 g/mol. The molecule has 17 heavy (non-hydrogen) atoms. The molecular formula is C13H19NO3. The Balaban J connectivity index is 2.36. The third kappa shape index (κ3) is 5.36. The fraction of sp³-hybridized carbons (Fsp3) is 0.462. The average Bonchev–Trinajstić information content (AvgIpc) is 2.29. The summed E-state index contributed by atoms with van der Waals surface area (Å²) in [5.41, 5.74) is 7.14. The maximum absolute atomic E-state index is 11.6. The first-order chi connectivity index (χ1) is 8.11. The van der Waals surface area contributed by atoms with Crippen LogP contribution in [0.5, 0.6) is 0 Å². The van der Waals surface area contributed by atoms with E-state index in [1.165, 1.54) is 0 Å². The van der Waals surface area contributed by atoms with Crippen LogP contribution in [-0.2, 0) is 20.7 Å². The van der Waals surface area contributed by atoms with Gasteiger partial charge in [0.1, 0.15) is 6.10 Å². The molecule has 1 atom stereocenters. The highest BCUT2D eigenvalue weighted by atomic mass is 16.6. The van der Waals surface area contributed by atoms with Crippen LogP contribution in [0.2, 0.25) is 0 Å². The first kappa shape index (κ1) is 13.5. The molecule has 0 radical (unpaired) electrons. The smallest absolute Gasteiger partial charge is 0.310 e. The van der Waals surface area contributed by atoms with Gasteiger partial charge in [0.05, 0.1) is 13.0 Å². The zero-order valence-electron chi connectivity index (χ0n) is 10.3. The maximum Gasteiger partial charge on any atom is 0.310 e. The lowest BCUT2D eigenvalue weighted by Gasteiger charge is -2.12. The van der Waals surface area contributed by atoms with E-state index in [1.54, 1.807) is 12.1 Å². The molecule has 1 aromatic carbocycles. The number of ether oxygens (including phenoxy) is 2. The number of hydrogen-bond donors (Lipinski definition) is 1. The molecule has 2 N–H and O–H groups in total.